The first-order valence-electron chi connectivity index (χ1n) is 4.38. The van der Waals surface area contributed by atoms with E-state index in [0.29, 0.717) is 5.92 Å². The standard InChI is InChI=1S/C9H15BrN2/c1-4-5-12-9(7(2)3)8(10)6-11-12/h6-7H,4-5H2,1-3H3. The average Bonchev–Trinajstić information content (AvgIpc) is 2.32. The van der Waals surface area contributed by atoms with E-state index < -0.39 is 0 Å². The van der Waals surface area contributed by atoms with E-state index in [4.69, 9.17) is 0 Å². The van der Waals surface area contributed by atoms with Gasteiger partial charge in [-0.2, -0.15) is 5.10 Å². The third-order valence-corrected chi connectivity index (χ3v) is 2.43. The van der Waals surface area contributed by atoms with Gasteiger partial charge in [-0.3, -0.25) is 4.68 Å². The normalized spacial score (nSPS) is 11.1. The van der Waals surface area contributed by atoms with Gasteiger partial charge in [0.25, 0.3) is 0 Å². The van der Waals surface area contributed by atoms with Gasteiger partial charge in [0.1, 0.15) is 0 Å². The summed E-state index contributed by atoms with van der Waals surface area (Å²) in [6.07, 6.45) is 3.01. The first-order chi connectivity index (χ1) is 5.66. The lowest BCUT2D eigenvalue weighted by Gasteiger charge is -2.09. The Morgan fingerprint density at radius 1 is 1.58 bits per heavy atom. The first-order valence-corrected chi connectivity index (χ1v) is 5.17. The molecule has 0 fully saturated rings. The van der Waals surface area contributed by atoms with Gasteiger partial charge < -0.3 is 0 Å². The maximum absolute atomic E-state index is 4.30. The Hall–Kier alpha value is -0.310. The SMILES string of the molecule is CCCn1ncc(Br)c1C(C)C. The smallest absolute Gasteiger partial charge is 0.0635 e. The summed E-state index contributed by atoms with van der Waals surface area (Å²) in [5, 5.41) is 4.30. The van der Waals surface area contributed by atoms with E-state index in [1.54, 1.807) is 0 Å². The molecule has 3 heteroatoms. The van der Waals surface area contributed by atoms with Crippen LogP contribution in [0.25, 0.3) is 0 Å². The van der Waals surface area contributed by atoms with Crippen LogP contribution in [0.2, 0.25) is 0 Å². The van der Waals surface area contributed by atoms with E-state index in [1.807, 2.05) is 6.20 Å². The fourth-order valence-corrected chi connectivity index (χ4v) is 2.09. The maximum atomic E-state index is 4.30. The van der Waals surface area contributed by atoms with E-state index in [1.165, 1.54) is 5.69 Å². The van der Waals surface area contributed by atoms with Gasteiger partial charge in [0.2, 0.25) is 0 Å². The van der Waals surface area contributed by atoms with Gasteiger partial charge in [-0.25, -0.2) is 0 Å². The average molecular weight is 231 g/mol. The molecule has 0 amide bonds. The summed E-state index contributed by atoms with van der Waals surface area (Å²) in [5.41, 5.74) is 1.30. The van der Waals surface area contributed by atoms with Gasteiger partial charge in [0.05, 0.1) is 16.4 Å². The second-order valence-electron chi connectivity index (χ2n) is 3.26. The molecule has 0 unspecified atom stereocenters. The Morgan fingerprint density at radius 2 is 2.25 bits per heavy atom. The third kappa shape index (κ3) is 1.89. The number of hydrogen-bond acceptors (Lipinski definition) is 1. The van der Waals surface area contributed by atoms with E-state index >= 15 is 0 Å². The molecule has 0 aliphatic heterocycles. The van der Waals surface area contributed by atoms with Crippen molar-refractivity contribution in [1.29, 1.82) is 0 Å². The number of rotatable bonds is 3. The molecular formula is C9H15BrN2. The summed E-state index contributed by atoms with van der Waals surface area (Å²) in [7, 11) is 0. The molecule has 0 aliphatic carbocycles. The highest BCUT2D eigenvalue weighted by molar-refractivity contribution is 9.10. The molecule has 2 nitrogen and oxygen atoms in total. The second kappa shape index (κ2) is 4.08. The van der Waals surface area contributed by atoms with Crippen LogP contribution in [0.4, 0.5) is 0 Å². The second-order valence-corrected chi connectivity index (χ2v) is 4.11. The number of nitrogens with zero attached hydrogens (tertiary/aromatic N) is 2. The van der Waals surface area contributed by atoms with E-state index in [2.05, 4.69) is 46.5 Å². The fourth-order valence-electron chi connectivity index (χ4n) is 1.34. The molecule has 0 radical (unpaired) electrons. The topological polar surface area (TPSA) is 17.8 Å². The van der Waals surface area contributed by atoms with Gasteiger partial charge in [0.15, 0.2) is 0 Å². The Balaban J connectivity index is 2.95. The van der Waals surface area contributed by atoms with Crippen LogP contribution in [0.1, 0.15) is 38.8 Å². The van der Waals surface area contributed by atoms with Gasteiger partial charge in [-0.1, -0.05) is 20.8 Å². The lowest BCUT2D eigenvalue weighted by atomic mass is 10.1. The maximum Gasteiger partial charge on any atom is 0.0635 e. The summed E-state index contributed by atoms with van der Waals surface area (Å²) in [6.45, 7) is 7.56. The van der Waals surface area contributed by atoms with E-state index in [9.17, 15) is 0 Å². The van der Waals surface area contributed by atoms with E-state index in [-0.39, 0.29) is 0 Å². The first kappa shape index (κ1) is 9.78. The predicted octanol–water partition coefficient (Wildman–Crippen LogP) is 3.18. The Bertz CT molecular complexity index is 253. The van der Waals surface area contributed by atoms with Crippen LogP contribution in [0.3, 0.4) is 0 Å². The summed E-state index contributed by atoms with van der Waals surface area (Å²) in [6, 6.07) is 0. The van der Waals surface area contributed by atoms with Crippen molar-refractivity contribution in [3.63, 3.8) is 0 Å². The van der Waals surface area contributed by atoms with Crippen LogP contribution in [0.15, 0.2) is 10.7 Å². The van der Waals surface area contributed by atoms with Crippen molar-refractivity contribution in [1.82, 2.24) is 9.78 Å². The number of halogens is 1. The minimum absolute atomic E-state index is 0.536. The molecule has 1 heterocycles. The van der Waals surface area contributed by atoms with Crippen LogP contribution >= 0.6 is 15.9 Å². The number of aromatic nitrogens is 2. The molecule has 0 aromatic carbocycles. The van der Waals surface area contributed by atoms with Gasteiger partial charge >= 0.3 is 0 Å². The molecule has 0 spiro atoms. The molecule has 0 N–H and O–H groups in total. The fraction of sp³-hybridized carbons (Fsp3) is 0.667. The summed E-state index contributed by atoms with van der Waals surface area (Å²) in [5.74, 6) is 0.536. The number of aryl methyl sites for hydroxylation is 1. The quantitative estimate of drug-likeness (QED) is 0.781. The molecule has 1 aromatic rings. The van der Waals surface area contributed by atoms with Crippen molar-refractivity contribution in [2.45, 2.75) is 39.7 Å². The van der Waals surface area contributed by atoms with Crippen molar-refractivity contribution in [3.8, 4) is 0 Å². The molecule has 0 atom stereocenters. The zero-order chi connectivity index (χ0) is 9.14. The molecule has 1 aromatic heterocycles. The van der Waals surface area contributed by atoms with Crippen LogP contribution in [-0.4, -0.2) is 9.78 Å². The molecule has 0 saturated carbocycles. The minimum Gasteiger partial charge on any atom is -0.268 e. The van der Waals surface area contributed by atoms with Gasteiger partial charge in [-0.05, 0) is 28.3 Å². The Labute approximate surface area is 82.1 Å². The molecule has 12 heavy (non-hydrogen) atoms. The molecular weight excluding hydrogens is 216 g/mol. The van der Waals surface area contributed by atoms with Gasteiger partial charge in [0, 0.05) is 6.54 Å². The van der Waals surface area contributed by atoms with Gasteiger partial charge in [-0.15, -0.1) is 0 Å². The van der Waals surface area contributed by atoms with E-state index in [0.717, 1.165) is 17.4 Å². The highest BCUT2D eigenvalue weighted by Gasteiger charge is 2.10. The molecule has 0 saturated heterocycles. The van der Waals surface area contributed by atoms with Crippen LogP contribution in [-0.2, 0) is 6.54 Å². The predicted molar refractivity (Wildman–Crippen MR) is 54.3 cm³/mol. The van der Waals surface area contributed by atoms with Crippen molar-refractivity contribution in [3.05, 3.63) is 16.4 Å². The van der Waals surface area contributed by atoms with Crippen LogP contribution in [0, 0.1) is 0 Å². The monoisotopic (exact) mass is 230 g/mol. The molecule has 0 aliphatic rings. The summed E-state index contributed by atoms with van der Waals surface area (Å²) in [4.78, 5) is 0. The largest absolute Gasteiger partial charge is 0.268 e. The van der Waals surface area contributed by atoms with Crippen molar-refractivity contribution < 1.29 is 0 Å². The minimum atomic E-state index is 0.536. The molecule has 68 valence electrons. The number of hydrogen-bond donors (Lipinski definition) is 0. The van der Waals surface area contributed by atoms with Crippen molar-refractivity contribution in [2.24, 2.45) is 0 Å². The Morgan fingerprint density at radius 3 is 2.75 bits per heavy atom. The zero-order valence-corrected chi connectivity index (χ0v) is 9.43. The molecule has 0 bridgehead atoms. The highest BCUT2D eigenvalue weighted by atomic mass is 79.9. The lowest BCUT2D eigenvalue weighted by molar-refractivity contribution is 0.557. The molecule has 1 rings (SSSR count). The summed E-state index contributed by atoms with van der Waals surface area (Å²) >= 11 is 3.50. The van der Waals surface area contributed by atoms with Crippen molar-refractivity contribution in [2.75, 3.05) is 0 Å². The third-order valence-electron chi connectivity index (χ3n) is 1.82. The lowest BCUT2D eigenvalue weighted by Crippen LogP contribution is -2.05. The summed E-state index contributed by atoms with van der Waals surface area (Å²) < 4.78 is 3.21. The zero-order valence-electron chi connectivity index (χ0n) is 7.84. The van der Waals surface area contributed by atoms with Crippen LogP contribution in [0.5, 0.6) is 0 Å². The Kier molecular flexibility index (Phi) is 3.32. The van der Waals surface area contributed by atoms with Crippen LogP contribution < -0.4 is 0 Å². The van der Waals surface area contributed by atoms with Crippen molar-refractivity contribution >= 4 is 15.9 Å². The highest BCUT2D eigenvalue weighted by Crippen LogP contribution is 2.24.